The molecule has 0 saturated carbocycles. The summed E-state index contributed by atoms with van der Waals surface area (Å²) in [6.07, 6.45) is 0. The summed E-state index contributed by atoms with van der Waals surface area (Å²) in [4.78, 5) is 12.8. The average molecular weight is 256 g/mol. The van der Waals surface area contributed by atoms with Crippen molar-refractivity contribution in [3.8, 4) is 17.2 Å². The number of carbonyl (C=O) groups excluding carboxylic acids is 1. The van der Waals surface area contributed by atoms with Gasteiger partial charge < -0.3 is 5.32 Å². The predicted molar refractivity (Wildman–Crippen MR) is 73.5 cm³/mol. The zero-order chi connectivity index (χ0) is 13.1. The third kappa shape index (κ3) is 2.27. The molecular weight excluding hydrogens is 244 g/mol. The molecule has 2 aromatic rings. The van der Waals surface area contributed by atoms with Gasteiger partial charge in [-0.05, 0) is 12.5 Å². The number of rotatable bonds is 2. The van der Waals surface area contributed by atoms with Crippen molar-refractivity contribution in [2.24, 2.45) is 0 Å². The van der Waals surface area contributed by atoms with Gasteiger partial charge in [0.2, 0.25) is 5.91 Å². The first-order valence-electron chi connectivity index (χ1n) is 5.50. The third-order valence-electron chi connectivity index (χ3n) is 2.55. The lowest BCUT2D eigenvalue weighted by atomic mass is 10.0. The van der Waals surface area contributed by atoms with Crippen molar-refractivity contribution in [1.82, 2.24) is 0 Å². The number of nitriles is 1. The molecule has 1 aromatic heterocycles. The van der Waals surface area contributed by atoms with Crippen LogP contribution < -0.4 is 5.32 Å². The Hall–Kier alpha value is -2.12. The summed E-state index contributed by atoms with van der Waals surface area (Å²) in [6, 6.07) is 11.9. The molecule has 0 bridgehead atoms. The minimum atomic E-state index is -0.165. The van der Waals surface area contributed by atoms with Gasteiger partial charge in [-0.15, -0.1) is 11.3 Å². The maximum Gasteiger partial charge on any atom is 0.221 e. The fourth-order valence-electron chi connectivity index (χ4n) is 1.87. The molecule has 18 heavy (non-hydrogen) atoms. The molecule has 3 nitrogen and oxygen atoms in total. The molecule has 1 aromatic carbocycles. The number of hydrogen-bond acceptors (Lipinski definition) is 3. The van der Waals surface area contributed by atoms with Crippen LogP contribution in [0.1, 0.15) is 16.7 Å². The van der Waals surface area contributed by atoms with Gasteiger partial charge in [-0.2, -0.15) is 5.26 Å². The monoisotopic (exact) mass is 256 g/mol. The lowest BCUT2D eigenvalue weighted by molar-refractivity contribution is -0.114. The molecule has 0 spiro atoms. The lowest BCUT2D eigenvalue weighted by Crippen LogP contribution is -2.07. The lowest BCUT2D eigenvalue weighted by Gasteiger charge is -2.06. The normalized spacial score (nSPS) is 9.83. The van der Waals surface area contributed by atoms with E-state index >= 15 is 0 Å². The van der Waals surface area contributed by atoms with Gasteiger partial charge in [0.05, 0.1) is 5.69 Å². The number of thiophene rings is 1. The van der Waals surface area contributed by atoms with E-state index in [1.807, 2.05) is 37.3 Å². The Morgan fingerprint density at radius 2 is 2.00 bits per heavy atom. The number of benzene rings is 1. The zero-order valence-corrected chi connectivity index (χ0v) is 11.0. The van der Waals surface area contributed by atoms with Crippen molar-refractivity contribution in [2.45, 2.75) is 13.8 Å². The van der Waals surface area contributed by atoms with Crippen LogP contribution in [0.15, 0.2) is 30.3 Å². The minimum absolute atomic E-state index is 0.165. The Bertz CT molecular complexity index is 623. The van der Waals surface area contributed by atoms with Gasteiger partial charge in [-0.25, -0.2) is 0 Å². The van der Waals surface area contributed by atoms with E-state index in [-0.39, 0.29) is 5.91 Å². The van der Waals surface area contributed by atoms with Crippen molar-refractivity contribution >= 4 is 22.9 Å². The molecule has 4 heteroatoms. The second-order valence-corrected chi connectivity index (χ2v) is 5.12. The summed E-state index contributed by atoms with van der Waals surface area (Å²) in [6.45, 7) is 3.40. The van der Waals surface area contributed by atoms with Crippen molar-refractivity contribution in [2.75, 3.05) is 5.32 Å². The molecule has 1 heterocycles. The van der Waals surface area contributed by atoms with E-state index < -0.39 is 0 Å². The third-order valence-corrected chi connectivity index (χ3v) is 3.56. The molecule has 0 aliphatic rings. The highest BCUT2D eigenvalue weighted by Crippen LogP contribution is 2.39. The van der Waals surface area contributed by atoms with Crippen LogP contribution in [0.4, 0.5) is 5.69 Å². The second-order valence-electron chi connectivity index (χ2n) is 3.90. The van der Waals surface area contributed by atoms with Crippen LogP contribution in [-0.2, 0) is 4.79 Å². The van der Waals surface area contributed by atoms with Gasteiger partial charge >= 0.3 is 0 Å². The number of nitrogens with zero attached hydrogens (tertiary/aromatic N) is 1. The Morgan fingerprint density at radius 1 is 1.33 bits per heavy atom. The Kier molecular flexibility index (Phi) is 3.45. The van der Waals surface area contributed by atoms with Crippen LogP contribution in [-0.4, -0.2) is 5.91 Å². The Labute approximate surface area is 110 Å². The van der Waals surface area contributed by atoms with E-state index in [4.69, 9.17) is 5.26 Å². The Balaban J connectivity index is 2.63. The van der Waals surface area contributed by atoms with E-state index in [0.29, 0.717) is 10.6 Å². The number of hydrogen-bond donors (Lipinski definition) is 1. The fourth-order valence-corrected chi connectivity index (χ4v) is 2.80. The van der Waals surface area contributed by atoms with Gasteiger partial charge in [0.25, 0.3) is 0 Å². The highest BCUT2D eigenvalue weighted by atomic mass is 32.1. The quantitative estimate of drug-likeness (QED) is 0.893. The van der Waals surface area contributed by atoms with E-state index in [1.165, 1.54) is 18.3 Å². The van der Waals surface area contributed by atoms with E-state index in [1.54, 1.807) is 0 Å². The van der Waals surface area contributed by atoms with Gasteiger partial charge in [-0.3, -0.25) is 4.79 Å². The molecule has 0 aliphatic carbocycles. The number of carbonyl (C=O) groups is 1. The first-order chi connectivity index (χ1) is 8.63. The SMILES string of the molecule is CC(=O)Nc1c(C#N)sc(C)c1-c1ccccc1. The van der Waals surface area contributed by atoms with Crippen LogP contribution >= 0.6 is 11.3 Å². The minimum Gasteiger partial charge on any atom is -0.324 e. The van der Waals surface area contributed by atoms with Gasteiger partial charge in [0.15, 0.2) is 0 Å². The number of aryl methyl sites for hydroxylation is 1. The second kappa shape index (κ2) is 5.03. The van der Waals surface area contributed by atoms with Crippen LogP contribution in [0, 0.1) is 18.3 Å². The predicted octanol–water partition coefficient (Wildman–Crippen LogP) is 3.55. The van der Waals surface area contributed by atoms with Crippen molar-refractivity contribution in [3.05, 3.63) is 40.1 Å². The number of amides is 1. The number of nitrogens with one attached hydrogen (secondary N) is 1. The smallest absolute Gasteiger partial charge is 0.221 e. The molecule has 0 saturated heterocycles. The molecule has 0 atom stereocenters. The summed E-state index contributed by atoms with van der Waals surface area (Å²) in [5, 5.41) is 11.9. The van der Waals surface area contributed by atoms with E-state index in [9.17, 15) is 4.79 Å². The van der Waals surface area contributed by atoms with Gasteiger partial charge in [0, 0.05) is 17.4 Å². The van der Waals surface area contributed by atoms with Gasteiger partial charge in [-0.1, -0.05) is 30.3 Å². The van der Waals surface area contributed by atoms with E-state index in [0.717, 1.165) is 16.0 Å². The molecule has 90 valence electrons. The summed E-state index contributed by atoms with van der Waals surface area (Å²) in [5.74, 6) is -0.165. The molecule has 0 fully saturated rings. The highest BCUT2D eigenvalue weighted by molar-refractivity contribution is 7.13. The maximum absolute atomic E-state index is 11.3. The van der Waals surface area contributed by atoms with Crippen molar-refractivity contribution in [1.29, 1.82) is 5.26 Å². The molecule has 2 rings (SSSR count). The molecule has 1 N–H and O–H groups in total. The fraction of sp³-hybridized carbons (Fsp3) is 0.143. The molecule has 0 radical (unpaired) electrons. The first-order valence-corrected chi connectivity index (χ1v) is 6.31. The molecule has 0 aliphatic heterocycles. The molecular formula is C14H12N2OS. The molecule has 0 unspecified atom stereocenters. The average Bonchev–Trinajstić information content (AvgIpc) is 2.66. The summed E-state index contributed by atoms with van der Waals surface area (Å²) in [7, 11) is 0. The molecule has 1 amide bonds. The highest BCUT2D eigenvalue weighted by Gasteiger charge is 2.17. The largest absolute Gasteiger partial charge is 0.324 e. The zero-order valence-electron chi connectivity index (χ0n) is 10.2. The van der Waals surface area contributed by atoms with Crippen LogP contribution in [0.2, 0.25) is 0 Å². The summed E-state index contributed by atoms with van der Waals surface area (Å²) in [5.41, 5.74) is 2.57. The Morgan fingerprint density at radius 3 is 2.56 bits per heavy atom. The number of anilines is 1. The first kappa shape index (κ1) is 12.3. The van der Waals surface area contributed by atoms with Crippen LogP contribution in [0.25, 0.3) is 11.1 Å². The van der Waals surface area contributed by atoms with Crippen LogP contribution in [0.3, 0.4) is 0 Å². The summed E-state index contributed by atoms with van der Waals surface area (Å²) < 4.78 is 0. The standard InChI is InChI=1S/C14H12N2OS/c1-9-13(11-6-4-3-5-7-11)14(16-10(2)17)12(8-15)18-9/h3-7H,1-2H3,(H,16,17). The van der Waals surface area contributed by atoms with Gasteiger partial charge in [0.1, 0.15) is 10.9 Å². The van der Waals surface area contributed by atoms with Crippen molar-refractivity contribution < 1.29 is 4.79 Å². The summed E-state index contributed by atoms with van der Waals surface area (Å²) >= 11 is 1.40. The topological polar surface area (TPSA) is 52.9 Å². The van der Waals surface area contributed by atoms with Crippen LogP contribution in [0.5, 0.6) is 0 Å². The van der Waals surface area contributed by atoms with E-state index in [2.05, 4.69) is 11.4 Å². The maximum atomic E-state index is 11.3. The van der Waals surface area contributed by atoms with Crippen molar-refractivity contribution in [3.63, 3.8) is 0 Å².